The molecule has 0 radical (unpaired) electrons. The highest BCUT2D eigenvalue weighted by atomic mass is 16.6. The number of phenols is 1. The zero-order chi connectivity index (χ0) is 33.9. The molecule has 0 heterocycles. The van der Waals surface area contributed by atoms with Crippen LogP contribution in [-0.2, 0) is 30.3 Å². The normalized spacial score (nSPS) is 13.6. The minimum absolute atomic E-state index is 0.143. The third-order valence-electron chi connectivity index (χ3n) is 6.80. The number of hydrogen-bond donors (Lipinski definition) is 3. The van der Waals surface area contributed by atoms with Crippen LogP contribution in [0.5, 0.6) is 5.75 Å². The number of aryl methyl sites for hydroxylation is 1. The van der Waals surface area contributed by atoms with Crippen molar-refractivity contribution in [3.05, 3.63) is 65.2 Å². The molecule has 0 aromatic heterocycles. The van der Waals surface area contributed by atoms with Crippen molar-refractivity contribution in [1.29, 1.82) is 0 Å². The highest BCUT2D eigenvalue weighted by molar-refractivity contribution is 5.94. The fourth-order valence-electron chi connectivity index (χ4n) is 4.71. The number of amides is 3. The first-order chi connectivity index (χ1) is 20.9. The first-order valence-corrected chi connectivity index (χ1v) is 15.6. The molecule has 3 amide bonds. The zero-order valence-corrected chi connectivity index (χ0v) is 28.2. The molecule has 2 aromatic rings. The maximum absolute atomic E-state index is 14.4. The molecule has 10 nitrogen and oxygen atoms in total. The second-order valence-corrected chi connectivity index (χ2v) is 13.3. The monoisotopic (exact) mass is 625 g/mol. The van der Waals surface area contributed by atoms with E-state index in [-0.39, 0.29) is 24.3 Å². The number of ether oxygens (including phenoxy) is 2. The molecule has 0 bridgehead atoms. The van der Waals surface area contributed by atoms with Crippen LogP contribution in [0.3, 0.4) is 0 Å². The smallest absolute Gasteiger partial charge is 0.408 e. The van der Waals surface area contributed by atoms with E-state index in [1.54, 1.807) is 66.7 Å². The second-order valence-electron chi connectivity index (χ2n) is 13.3. The van der Waals surface area contributed by atoms with Crippen molar-refractivity contribution >= 4 is 23.9 Å². The molecular weight excluding hydrogens is 574 g/mol. The molecule has 3 unspecified atom stereocenters. The largest absolute Gasteiger partial charge is 0.507 e. The molecule has 0 aliphatic heterocycles. The Labute approximate surface area is 267 Å². The number of nitrogens with zero attached hydrogens (tertiary/aromatic N) is 1. The lowest BCUT2D eigenvalue weighted by Gasteiger charge is -2.35. The number of carbonyl (C=O) groups is 4. The lowest BCUT2D eigenvalue weighted by Crippen LogP contribution is -2.54. The van der Waals surface area contributed by atoms with E-state index in [9.17, 15) is 24.3 Å². The number of unbranched alkanes of at least 4 members (excludes halogenated alkanes) is 2. The van der Waals surface area contributed by atoms with Crippen LogP contribution in [0.2, 0.25) is 0 Å². The number of phenolic OH excluding ortho intramolecular Hbond substituents is 1. The number of nitrogens with one attached hydrogen (secondary N) is 2. The summed E-state index contributed by atoms with van der Waals surface area (Å²) in [6.07, 6.45) is 1.58. The number of rotatable bonds is 13. The van der Waals surface area contributed by atoms with Crippen molar-refractivity contribution in [1.82, 2.24) is 15.5 Å². The van der Waals surface area contributed by atoms with Crippen LogP contribution < -0.4 is 10.6 Å². The van der Waals surface area contributed by atoms with Crippen LogP contribution >= 0.6 is 0 Å². The lowest BCUT2D eigenvalue weighted by molar-refractivity contribution is -0.159. The third kappa shape index (κ3) is 12.1. The van der Waals surface area contributed by atoms with E-state index >= 15 is 0 Å². The predicted molar refractivity (Wildman–Crippen MR) is 174 cm³/mol. The molecule has 45 heavy (non-hydrogen) atoms. The Morgan fingerprint density at radius 2 is 1.49 bits per heavy atom. The molecule has 0 saturated heterocycles. The Bertz CT molecular complexity index is 1300. The highest BCUT2D eigenvalue weighted by Gasteiger charge is 2.38. The fraction of sp³-hybridized carbons (Fsp3) is 0.543. The van der Waals surface area contributed by atoms with Crippen molar-refractivity contribution in [2.45, 2.75) is 117 Å². The molecular formula is C35H51N3O7. The lowest BCUT2D eigenvalue weighted by atomic mass is 9.98. The number of aromatic hydroxyl groups is 1. The Kier molecular flexibility index (Phi) is 13.4. The summed E-state index contributed by atoms with van der Waals surface area (Å²) in [5.41, 5.74) is -0.0762. The Morgan fingerprint density at radius 1 is 0.867 bits per heavy atom. The van der Waals surface area contributed by atoms with Crippen molar-refractivity contribution in [2.24, 2.45) is 0 Å². The quantitative estimate of drug-likeness (QED) is 0.191. The van der Waals surface area contributed by atoms with Gasteiger partial charge in [0.15, 0.2) is 0 Å². The summed E-state index contributed by atoms with van der Waals surface area (Å²) in [5, 5.41) is 16.6. The number of para-hydroxylation sites is 1. The van der Waals surface area contributed by atoms with Crippen LogP contribution in [0.15, 0.2) is 48.5 Å². The molecule has 0 spiro atoms. The van der Waals surface area contributed by atoms with E-state index in [4.69, 9.17) is 9.47 Å². The van der Waals surface area contributed by atoms with E-state index in [1.807, 2.05) is 37.3 Å². The molecule has 0 saturated carbocycles. The van der Waals surface area contributed by atoms with Crippen LogP contribution in [0.25, 0.3) is 0 Å². The second kappa shape index (κ2) is 16.3. The van der Waals surface area contributed by atoms with Crippen molar-refractivity contribution < 1.29 is 33.8 Å². The van der Waals surface area contributed by atoms with Crippen molar-refractivity contribution in [2.75, 3.05) is 6.54 Å². The van der Waals surface area contributed by atoms with Gasteiger partial charge in [0.2, 0.25) is 11.8 Å². The van der Waals surface area contributed by atoms with E-state index in [0.717, 1.165) is 18.4 Å². The van der Waals surface area contributed by atoms with Crippen LogP contribution in [-0.4, -0.2) is 63.7 Å². The zero-order valence-electron chi connectivity index (χ0n) is 28.2. The third-order valence-corrected chi connectivity index (χ3v) is 6.80. The van der Waals surface area contributed by atoms with Gasteiger partial charge in [-0.25, -0.2) is 9.59 Å². The minimum atomic E-state index is -1.32. The van der Waals surface area contributed by atoms with Gasteiger partial charge in [0.05, 0.1) is 0 Å². The van der Waals surface area contributed by atoms with Gasteiger partial charge in [0.1, 0.15) is 35.1 Å². The van der Waals surface area contributed by atoms with E-state index in [0.29, 0.717) is 12.0 Å². The maximum Gasteiger partial charge on any atom is 0.408 e. The molecule has 3 N–H and O–H groups in total. The maximum atomic E-state index is 14.4. The first kappa shape index (κ1) is 37.1. The number of benzene rings is 2. The summed E-state index contributed by atoms with van der Waals surface area (Å²) in [6.45, 7) is 15.8. The molecule has 3 atom stereocenters. The average molecular weight is 626 g/mol. The summed E-state index contributed by atoms with van der Waals surface area (Å²) in [7, 11) is 0. The van der Waals surface area contributed by atoms with Crippen molar-refractivity contribution in [3.63, 3.8) is 0 Å². The van der Waals surface area contributed by atoms with E-state index < -0.39 is 53.2 Å². The standard InChI is InChI=1S/C35H51N3O7/c1-10-11-15-21-38(31(41)24(3)36-33(43)45-35(7,8)9)28(26-20-16-17-23(2)29(26)39)30(40)37-27(32(42)44-34(4,5)6)22-25-18-13-12-14-19-25/h12-14,16-20,24,27-28,39H,10-11,15,21-22H2,1-9H3,(H,36,43)(H,37,40). The number of hydrogen-bond acceptors (Lipinski definition) is 7. The molecule has 0 aliphatic rings. The Balaban J connectivity index is 2.58. The number of alkyl carbamates (subject to hydrolysis) is 1. The van der Waals surface area contributed by atoms with Gasteiger partial charge in [-0.1, -0.05) is 68.3 Å². The minimum Gasteiger partial charge on any atom is -0.507 e. The first-order valence-electron chi connectivity index (χ1n) is 15.6. The summed E-state index contributed by atoms with van der Waals surface area (Å²) >= 11 is 0. The van der Waals surface area contributed by atoms with Crippen molar-refractivity contribution in [3.8, 4) is 5.75 Å². The summed E-state index contributed by atoms with van der Waals surface area (Å²) in [5.74, 6) is -1.99. The SMILES string of the molecule is CCCCCN(C(=O)C(C)NC(=O)OC(C)(C)C)C(C(=O)NC(Cc1ccccc1)C(=O)OC(C)(C)C)c1cccc(C)c1O. The van der Waals surface area contributed by atoms with Crippen LogP contribution in [0.4, 0.5) is 4.79 Å². The van der Waals surface area contributed by atoms with Gasteiger partial charge in [0.25, 0.3) is 0 Å². The average Bonchev–Trinajstić information content (AvgIpc) is 2.92. The Morgan fingerprint density at radius 3 is 2.07 bits per heavy atom. The summed E-state index contributed by atoms with van der Waals surface area (Å²) in [4.78, 5) is 55.7. The molecule has 0 fully saturated rings. The van der Waals surface area contributed by atoms with Gasteiger partial charge >= 0.3 is 12.1 Å². The predicted octanol–water partition coefficient (Wildman–Crippen LogP) is 5.74. The molecule has 248 valence electrons. The molecule has 0 aliphatic carbocycles. The topological polar surface area (TPSA) is 134 Å². The van der Waals surface area contributed by atoms with E-state index in [1.165, 1.54) is 11.8 Å². The van der Waals surface area contributed by atoms with Gasteiger partial charge in [0, 0.05) is 18.5 Å². The van der Waals surface area contributed by atoms with Gasteiger partial charge in [-0.15, -0.1) is 0 Å². The summed E-state index contributed by atoms with van der Waals surface area (Å²) < 4.78 is 11.0. The number of esters is 1. The Hall–Kier alpha value is -4.08. The molecule has 2 rings (SSSR count). The fourth-order valence-corrected chi connectivity index (χ4v) is 4.71. The number of carbonyl (C=O) groups excluding carboxylic acids is 4. The summed E-state index contributed by atoms with van der Waals surface area (Å²) in [6, 6.07) is 10.7. The van der Waals surface area contributed by atoms with Gasteiger partial charge in [-0.3, -0.25) is 9.59 Å². The van der Waals surface area contributed by atoms with Gasteiger partial charge < -0.3 is 30.1 Å². The molecule has 10 heteroatoms. The van der Waals surface area contributed by atoms with Crippen LogP contribution in [0, 0.1) is 6.92 Å². The van der Waals surface area contributed by atoms with Crippen LogP contribution in [0.1, 0.15) is 97.4 Å². The van der Waals surface area contributed by atoms with Gasteiger partial charge in [-0.05, 0) is 72.9 Å². The highest BCUT2D eigenvalue weighted by Crippen LogP contribution is 2.33. The van der Waals surface area contributed by atoms with E-state index in [2.05, 4.69) is 10.6 Å². The van der Waals surface area contributed by atoms with Gasteiger partial charge in [-0.2, -0.15) is 0 Å². The molecule has 2 aromatic carbocycles.